The predicted molar refractivity (Wildman–Crippen MR) is 101 cm³/mol. The molecular formula is C21H22F2NO4+. The molecule has 0 bridgehead atoms. The number of benzene rings is 2. The van der Waals surface area contributed by atoms with Gasteiger partial charge in [-0.15, -0.1) is 0 Å². The molecule has 1 aromatic heterocycles. The molecule has 148 valence electrons. The number of hydrogen-bond donors (Lipinski definition) is 2. The maximum absolute atomic E-state index is 12.2. The Morgan fingerprint density at radius 1 is 1.11 bits per heavy atom. The minimum absolute atomic E-state index is 0.113. The number of aryl methyl sites for hydroxylation is 1. The van der Waals surface area contributed by atoms with Crippen LogP contribution in [0.3, 0.4) is 0 Å². The molecule has 0 fully saturated rings. The molecule has 0 aliphatic heterocycles. The number of fused-ring (bicyclic) bond motifs is 1. The third-order valence-electron chi connectivity index (χ3n) is 4.56. The zero-order valence-electron chi connectivity index (χ0n) is 15.7. The lowest BCUT2D eigenvalue weighted by Gasteiger charge is -2.16. The fourth-order valence-electron chi connectivity index (χ4n) is 3.26. The summed E-state index contributed by atoms with van der Waals surface area (Å²) in [4.78, 5) is 13.0. The van der Waals surface area contributed by atoms with Crippen molar-refractivity contribution in [3.05, 3.63) is 69.6 Å². The predicted octanol–water partition coefficient (Wildman–Crippen LogP) is 2.88. The lowest BCUT2D eigenvalue weighted by molar-refractivity contribution is -0.907. The number of aromatic hydroxyl groups is 1. The number of nitrogens with one attached hydrogen (secondary N) is 1. The first-order valence-corrected chi connectivity index (χ1v) is 8.99. The van der Waals surface area contributed by atoms with Crippen molar-refractivity contribution in [2.45, 2.75) is 33.0 Å². The highest BCUT2D eigenvalue weighted by atomic mass is 19.3. The van der Waals surface area contributed by atoms with Crippen LogP contribution in [0.1, 0.15) is 23.6 Å². The molecule has 2 aromatic carbocycles. The second-order valence-corrected chi connectivity index (χ2v) is 6.75. The van der Waals surface area contributed by atoms with Gasteiger partial charge in [-0.3, -0.25) is 0 Å². The van der Waals surface area contributed by atoms with Gasteiger partial charge >= 0.3 is 12.2 Å². The molecule has 0 saturated carbocycles. The van der Waals surface area contributed by atoms with Crippen molar-refractivity contribution in [3.63, 3.8) is 0 Å². The third-order valence-corrected chi connectivity index (χ3v) is 4.56. The molecule has 2 N–H and O–H groups in total. The van der Waals surface area contributed by atoms with Crippen molar-refractivity contribution in [2.75, 3.05) is 7.05 Å². The van der Waals surface area contributed by atoms with Crippen LogP contribution in [0.4, 0.5) is 8.78 Å². The highest BCUT2D eigenvalue weighted by molar-refractivity contribution is 5.82. The van der Waals surface area contributed by atoms with Crippen molar-refractivity contribution in [1.82, 2.24) is 0 Å². The minimum atomic E-state index is -2.84. The Balaban J connectivity index is 1.80. The number of quaternary nitrogens is 1. The highest BCUT2D eigenvalue weighted by Gasteiger charge is 2.14. The minimum Gasteiger partial charge on any atom is -0.508 e. The monoisotopic (exact) mass is 390 g/mol. The average molecular weight is 390 g/mol. The van der Waals surface area contributed by atoms with Crippen LogP contribution in [0.2, 0.25) is 0 Å². The summed E-state index contributed by atoms with van der Waals surface area (Å²) in [6.07, 6.45) is 0.663. The molecule has 0 radical (unpaired) electrons. The van der Waals surface area contributed by atoms with Gasteiger partial charge in [0, 0.05) is 28.6 Å². The van der Waals surface area contributed by atoms with Crippen LogP contribution >= 0.6 is 0 Å². The van der Waals surface area contributed by atoms with Crippen molar-refractivity contribution in [3.8, 4) is 11.5 Å². The Kier molecular flexibility index (Phi) is 5.94. The second-order valence-electron chi connectivity index (χ2n) is 6.75. The number of alkyl halides is 2. The Morgan fingerprint density at radius 2 is 1.82 bits per heavy atom. The van der Waals surface area contributed by atoms with Crippen LogP contribution in [-0.2, 0) is 19.5 Å². The summed E-state index contributed by atoms with van der Waals surface area (Å²) in [5.41, 5.74) is 2.47. The Labute approximate surface area is 160 Å². The fourth-order valence-corrected chi connectivity index (χ4v) is 3.26. The topological polar surface area (TPSA) is 64.1 Å². The zero-order valence-corrected chi connectivity index (χ0v) is 15.7. The summed E-state index contributed by atoms with van der Waals surface area (Å²) in [6.45, 7) is 0.295. The Hall–Kier alpha value is -2.93. The van der Waals surface area contributed by atoms with E-state index in [0.717, 1.165) is 27.0 Å². The summed E-state index contributed by atoms with van der Waals surface area (Å²) in [5.74, 6) is 0.233. The quantitative estimate of drug-likeness (QED) is 0.609. The standard InChI is InChI=1S/C21H21F2NO4/c1-3-14-8-17-15(9-20(26)28-19(17)10-18(14)25)12-24(2)11-13-4-6-16(7-5-13)27-21(22)23/h4-10,21,25H,3,11-12H2,1-2H3/p+1. The van der Waals surface area contributed by atoms with Gasteiger partial charge in [0.25, 0.3) is 0 Å². The smallest absolute Gasteiger partial charge is 0.387 e. The first kappa shape index (κ1) is 19.8. The van der Waals surface area contributed by atoms with E-state index in [1.165, 1.54) is 24.3 Å². The molecule has 0 saturated heterocycles. The van der Waals surface area contributed by atoms with E-state index >= 15 is 0 Å². The van der Waals surface area contributed by atoms with Gasteiger partial charge in [-0.25, -0.2) is 4.79 Å². The molecule has 1 heterocycles. The molecule has 0 aliphatic carbocycles. The van der Waals surface area contributed by atoms with Gasteiger partial charge in [0.15, 0.2) is 0 Å². The Morgan fingerprint density at radius 3 is 2.46 bits per heavy atom. The summed E-state index contributed by atoms with van der Waals surface area (Å²) in [6, 6.07) is 11.3. The molecule has 3 aromatic rings. The van der Waals surface area contributed by atoms with E-state index in [9.17, 15) is 18.7 Å². The van der Waals surface area contributed by atoms with E-state index in [1.807, 2.05) is 20.0 Å². The number of phenolic OH excluding ortho intramolecular Hbond substituents is 1. The molecule has 3 rings (SSSR count). The van der Waals surface area contributed by atoms with Gasteiger partial charge < -0.3 is 19.2 Å². The molecule has 28 heavy (non-hydrogen) atoms. The van der Waals surface area contributed by atoms with Crippen molar-refractivity contribution in [1.29, 1.82) is 0 Å². The fraction of sp³-hybridized carbons (Fsp3) is 0.286. The number of ether oxygens (including phenoxy) is 1. The maximum atomic E-state index is 12.2. The molecule has 0 spiro atoms. The SMILES string of the molecule is CCc1cc2c(C[NH+](C)Cc3ccc(OC(F)F)cc3)cc(=O)oc2cc1O. The van der Waals surface area contributed by atoms with Gasteiger partial charge in [0.2, 0.25) is 0 Å². The molecule has 0 aliphatic rings. The van der Waals surface area contributed by atoms with Crippen LogP contribution in [0.15, 0.2) is 51.7 Å². The van der Waals surface area contributed by atoms with Gasteiger partial charge in [-0.1, -0.05) is 6.92 Å². The molecule has 1 atom stereocenters. The number of halogens is 2. The van der Waals surface area contributed by atoms with Gasteiger partial charge in [-0.05, 0) is 42.3 Å². The molecule has 0 amide bonds. The first-order valence-electron chi connectivity index (χ1n) is 8.99. The summed E-state index contributed by atoms with van der Waals surface area (Å²) in [5, 5.41) is 10.8. The van der Waals surface area contributed by atoms with Crippen molar-refractivity contribution < 1.29 is 27.9 Å². The molecular weight excluding hydrogens is 368 g/mol. The molecule has 1 unspecified atom stereocenters. The summed E-state index contributed by atoms with van der Waals surface area (Å²) in [7, 11) is 1.98. The average Bonchev–Trinajstić information content (AvgIpc) is 2.62. The zero-order chi connectivity index (χ0) is 20.3. The van der Waals surface area contributed by atoms with Crippen LogP contribution in [0.5, 0.6) is 11.5 Å². The Bertz CT molecular complexity index is 1020. The lowest BCUT2D eigenvalue weighted by Crippen LogP contribution is -3.06. The van der Waals surface area contributed by atoms with E-state index < -0.39 is 12.2 Å². The van der Waals surface area contributed by atoms with Gasteiger partial charge in [0.1, 0.15) is 30.2 Å². The third kappa shape index (κ3) is 4.67. The first-order chi connectivity index (χ1) is 13.4. The molecule has 7 heteroatoms. The number of hydrogen-bond acceptors (Lipinski definition) is 4. The highest BCUT2D eigenvalue weighted by Crippen LogP contribution is 2.26. The van der Waals surface area contributed by atoms with Crippen molar-refractivity contribution >= 4 is 11.0 Å². The van der Waals surface area contributed by atoms with E-state index in [-0.39, 0.29) is 11.5 Å². The van der Waals surface area contributed by atoms with Crippen LogP contribution in [-0.4, -0.2) is 18.8 Å². The summed E-state index contributed by atoms with van der Waals surface area (Å²) < 4.78 is 34.1. The van der Waals surface area contributed by atoms with Gasteiger partial charge in [-0.2, -0.15) is 8.78 Å². The van der Waals surface area contributed by atoms with Crippen LogP contribution in [0.25, 0.3) is 11.0 Å². The maximum Gasteiger partial charge on any atom is 0.387 e. The van der Waals surface area contributed by atoms with E-state index in [2.05, 4.69) is 4.74 Å². The lowest BCUT2D eigenvalue weighted by atomic mass is 10.0. The normalized spacial score (nSPS) is 12.5. The van der Waals surface area contributed by atoms with E-state index in [1.54, 1.807) is 12.1 Å². The second kappa shape index (κ2) is 8.39. The van der Waals surface area contributed by atoms with Crippen molar-refractivity contribution in [2.24, 2.45) is 0 Å². The largest absolute Gasteiger partial charge is 0.508 e. The van der Waals surface area contributed by atoms with E-state index in [4.69, 9.17) is 4.42 Å². The van der Waals surface area contributed by atoms with Crippen LogP contribution in [0, 0.1) is 0 Å². The van der Waals surface area contributed by atoms with E-state index in [0.29, 0.717) is 25.1 Å². The number of phenols is 1. The van der Waals surface area contributed by atoms with Crippen LogP contribution < -0.4 is 15.3 Å². The molecule has 5 nitrogen and oxygen atoms in total. The number of rotatable bonds is 7. The van der Waals surface area contributed by atoms with Gasteiger partial charge in [0.05, 0.1) is 7.05 Å². The summed E-state index contributed by atoms with van der Waals surface area (Å²) >= 11 is 0.